The van der Waals surface area contributed by atoms with E-state index in [0.717, 1.165) is 5.56 Å². The molecule has 0 aliphatic heterocycles. The third-order valence-corrected chi connectivity index (χ3v) is 2.89. The molecule has 0 saturated heterocycles. The second-order valence-corrected chi connectivity index (χ2v) is 4.62. The average Bonchev–Trinajstić information content (AvgIpc) is 2.34. The Balaban J connectivity index is 2.40. The van der Waals surface area contributed by atoms with Crippen molar-refractivity contribution >= 4 is 28.8 Å². The Bertz CT molecular complexity index is 601. The number of benzene rings is 1. The number of halogens is 1. The normalized spacial score (nSPS) is 10.1. The highest BCUT2D eigenvalue weighted by Gasteiger charge is 2.09. The number of aryl methyl sites for hydroxylation is 1. The van der Waals surface area contributed by atoms with Crippen molar-refractivity contribution in [3.63, 3.8) is 0 Å². The lowest BCUT2D eigenvalue weighted by Crippen LogP contribution is -2.10. The molecule has 0 amide bonds. The van der Waals surface area contributed by atoms with Crippen LogP contribution in [0.5, 0.6) is 11.5 Å². The molecule has 1 heterocycles. The summed E-state index contributed by atoms with van der Waals surface area (Å²) < 4.78 is 5.72. The number of rotatable bonds is 3. The molecular weight excluding hydrogens is 268 g/mol. The van der Waals surface area contributed by atoms with Crippen LogP contribution in [0, 0.1) is 6.92 Å². The number of aromatic nitrogens is 1. The van der Waals surface area contributed by atoms with Crippen LogP contribution in [0.1, 0.15) is 11.1 Å². The van der Waals surface area contributed by atoms with Crippen LogP contribution in [0.25, 0.3) is 0 Å². The van der Waals surface area contributed by atoms with Crippen molar-refractivity contribution in [3.8, 4) is 11.5 Å². The van der Waals surface area contributed by atoms with Gasteiger partial charge in [-0.3, -0.25) is 4.98 Å². The summed E-state index contributed by atoms with van der Waals surface area (Å²) in [6.07, 6.45) is 3.17. The number of hydrogen-bond acceptors (Lipinski definition) is 3. The standard InChI is InChI=1S/C13H11ClN2OS/c1-8-2-3-10(14)11(6-8)17-12-7-16-5-4-9(12)13(15)18/h2-7H,1H3,(H2,15,18). The Kier molecular flexibility index (Phi) is 3.79. The SMILES string of the molecule is Cc1ccc(Cl)c(Oc2cnccc2C(N)=S)c1. The fourth-order valence-electron chi connectivity index (χ4n) is 1.47. The lowest BCUT2D eigenvalue weighted by atomic mass is 10.2. The number of nitrogens with two attached hydrogens (primary N) is 1. The van der Waals surface area contributed by atoms with Crippen LogP contribution in [0.2, 0.25) is 5.02 Å². The minimum absolute atomic E-state index is 0.260. The maximum absolute atomic E-state index is 6.07. The lowest BCUT2D eigenvalue weighted by molar-refractivity contribution is 0.479. The number of ether oxygens (including phenoxy) is 1. The van der Waals surface area contributed by atoms with Gasteiger partial charge in [-0.1, -0.05) is 29.9 Å². The minimum atomic E-state index is 0.260. The molecule has 0 bridgehead atoms. The molecule has 0 unspecified atom stereocenters. The van der Waals surface area contributed by atoms with Crippen LogP contribution >= 0.6 is 23.8 Å². The van der Waals surface area contributed by atoms with E-state index in [9.17, 15) is 0 Å². The maximum atomic E-state index is 6.07. The molecule has 0 aliphatic carbocycles. The molecular formula is C13H11ClN2OS. The number of hydrogen-bond donors (Lipinski definition) is 1. The molecule has 0 saturated carbocycles. The smallest absolute Gasteiger partial charge is 0.155 e. The van der Waals surface area contributed by atoms with Crippen molar-refractivity contribution < 1.29 is 4.74 Å². The van der Waals surface area contributed by atoms with E-state index in [1.54, 1.807) is 24.5 Å². The molecule has 0 aliphatic rings. The predicted octanol–water partition coefficient (Wildman–Crippen LogP) is 3.47. The molecule has 1 aromatic carbocycles. The summed E-state index contributed by atoms with van der Waals surface area (Å²) >= 11 is 11.0. The minimum Gasteiger partial charge on any atom is -0.453 e. The summed E-state index contributed by atoms with van der Waals surface area (Å²) in [6, 6.07) is 7.25. The van der Waals surface area contributed by atoms with Gasteiger partial charge in [0.05, 0.1) is 16.8 Å². The zero-order valence-electron chi connectivity index (χ0n) is 9.68. The molecule has 5 heteroatoms. The Morgan fingerprint density at radius 2 is 2.11 bits per heavy atom. The van der Waals surface area contributed by atoms with Crippen LogP contribution in [-0.2, 0) is 0 Å². The van der Waals surface area contributed by atoms with Gasteiger partial charge in [-0.05, 0) is 30.7 Å². The quantitative estimate of drug-likeness (QED) is 0.874. The largest absolute Gasteiger partial charge is 0.453 e. The van der Waals surface area contributed by atoms with Crippen molar-refractivity contribution in [1.29, 1.82) is 0 Å². The van der Waals surface area contributed by atoms with Crippen molar-refractivity contribution in [2.24, 2.45) is 5.73 Å². The van der Waals surface area contributed by atoms with E-state index in [1.807, 2.05) is 19.1 Å². The molecule has 92 valence electrons. The monoisotopic (exact) mass is 278 g/mol. The number of thiocarbonyl (C=S) groups is 1. The molecule has 2 N–H and O–H groups in total. The van der Waals surface area contributed by atoms with Gasteiger partial charge in [0.1, 0.15) is 10.7 Å². The molecule has 2 rings (SSSR count). The van der Waals surface area contributed by atoms with E-state index in [1.165, 1.54) is 0 Å². The van der Waals surface area contributed by atoms with Crippen LogP contribution in [0.4, 0.5) is 0 Å². The van der Waals surface area contributed by atoms with E-state index >= 15 is 0 Å². The molecule has 0 radical (unpaired) electrons. The van der Waals surface area contributed by atoms with Crippen LogP contribution in [-0.4, -0.2) is 9.97 Å². The van der Waals surface area contributed by atoms with Crippen molar-refractivity contribution in [1.82, 2.24) is 4.98 Å². The average molecular weight is 279 g/mol. The summed E-state index contributed by atoms with van der Waals surface area (Å²) in [6.45, 7) is 1.96. The zero-order chi connectivity index (χ0) is 13.1. The van der Waals surface area contributed by atoms with Gasteiger partial charge in [0, 0.05) is 6.20 Å². The van der Waals surface area contributed by atoms with E-state index in [0.29, 0.717) is 22.1 Å². The van der Waals surface area contributed by atoms with Crippen molar-refractivity contribution in [3.05, 3.63) is 52.8 Å². The summed E-state index contributed by atoms with van der Waals surface area (Å²) in [7, 11) is 0. The summed E-state index contributed by atoms with van der Waals surface area (Å²) in [5.41, 5.74) is 7.31. The molecule has 3 nitrogen and oxygen atoms in total. The van der Waals surface area contributed by atoms with Gasteiger partial charge in [0.15, 0.2) is 5.75 Å². The second-order valence-electron chi connectivity index (χ2n) is 3.77. The van der Waals surface area contributed by atoms with Gasteiger partial charge < -0.3 is 10.5 Å². The van der Waals surface area contributed by atoms with Gasteiger partial charge >= 0.3 is 0 Å². The van der Waals surface area contributed by atoms with Gasteiger partial charge in [0.2, 0.25) is 0 Å². The highest BCUT2D eigenvalue weighted by atomic mass is 35.5. The van der Waals surface area contributed by atoms with E-state index in [4.69, 9.17) is 34.3 Å². The highest BCUT2D eigenvalue weighted by molar-refractivity contribution is 7.80. The topological polar surface area (TPSA) is 48.1 Å². The third kappa shape index (κ3) is 2.78. The lowest BCUT2D eigenvalue weighted by Gasteiger charge is -2.11. The van der Waals surface area contributed by atoms with Gasteiger partial charge in [0.25, 0.3) is 0 Å². The predicted molar refractivity (Wildman–Crippen MR) is 76.4 cm³/mol. The maximum Gasteiger partial charge on any atom is 0.155 e. The highest BCUT2D eigenvalue weighted by Crippen LogP contribution is 2.31. The van der Waals surface area contributed by atoms with E-state index in [-0.39, 0.29) is 4.99 Å². The zero-order valence-corrected chi connectivity index (χ0v) is 11.3. The third-order valence-electron chi connectivity index (χ3n) is 2.36. The first-order valence-electron chi connectivity index (χ1n) is 5.26. The van der Waals surface area contributed by atoms with Crippen LogP contribution in [0.15, 0.2) is 36.7 Å². The van der Waals surface area contributed by atoms with E-state index < -0.39 is 0 Å². The Labute approximate surface area is 116 Å². The van der Waals surface area contributed by atoms with Crippen molar-refractivity contribution in [2.45, 2.75) is 6.92 Å². The fourth-order valence-corrected chi connectivity index (χ4v) is 1.80. The molecule has 1 aromatic heterocycles. The van der Waals surface area contributed by atoms with Gasteiger partial charge in [-0.2, -0.15) is 0 Å². The Morgan fingerprint density at radius 3 is 2.83 bits per heavy atom. The second kappa shape index (κ2) is 5.33. The Hall–Kier alpha value is -1.65. The Morgan fingerprint density at radius 1 is 1.33 bits per heavy atom. The molecule has 2 aromatic rings. The number of pyridine rings is 1. The summed E-state index contributed by atoms with van der Waals surface area (Å²) in [4.78, 5) is 4.25. The van der Waals surface area contributed by atoms with Gasteiger partial charge in [-0.15, -0.1) is 0 Å². The van der Waals surface area contributed by atoms with Crippen molar-refractivity contribution in [2.75, 3.05) is 0 Å². The fraction of sp³-hybridized carbons (Fsp3) is 0.0769. The summed E-state index contributed by atoms with van der Waals surface area (Å²) in [5, 5.41) is 0.526. The van der Waals surface area contributed by atoms with Crippen LogP contribution in [0.3, 0.4) is 0 Å². The van der Waals surface area contributed by atoms with Gasteiger partial charge in [-0.25, -0.2) is 0 Å². The van der Waals surface area contributed by atoms with E-state index in [2.05, 4.69) is 4.98 Å². The number of nitrogens with zero attached hydrogens (tertiary/aromatic N) is 1. The first kappa shape index (κ1) is 12.8. The molecule has 0 atom stereocenters. The van der Waals surface area contributed by atoms with Crippen LogP contribution < -0.4 is 10.5 Å². The molecule has 0 fully saturated rings. The molecule has 0 spiro atoms. The summed E-state index contributed by atoms with van der Waals surface area (Å²) in [5.74, 6) is 1.06. The molecule has 18 heavy (non-hydrogen) atoms. The first-order chi connectivity index (χ1) is 8.58. The first-order valence-corrected chi connectivity index (χ1v) is 6.04.